The first kappa shape index (κ1) is 15.3. The van der Waals surface area contributed by atoms with E-state index < -0.39 is 16.9 Å². The molecule has 0 saturated heterocycles. The number of hydrogen-bond donors (Lipinski definition) is 2. The van der Waals surface area contributed by atoms with Gasteiger partial charge in [0.25, 0.3) is 0 Å². The Bertz CT molecular complexity index is 353. The van der Waals surface area contributed by atoms with Crippen molar-refractivity contribution in [3.63, 3.8) is 0 Å². The molecule has 0 saturated carbocycles. The van der Waals surface area contributed by atoms with Crippen molar-refractivity contribution in [2.75, 3.05) is 13.6 Å². The van der Waals surface area contributed by atoms with Crippen LogP contribution in [-0.4, -0.2) is 41.1 Å². The van der Waals surface area contributed by atoms with E-state index in [1.165, 1.54) is 4.90 Å². The van der Waals surface area contributed by atoms with Gasteiger partial charge in [-0.25, -0.2) is 4.79 Å². The van der Waals surface area contributed by atoms with Crippen LogP contribution in [-0.2, 0) is 4.79 Å². The third kappa shape index (κ3) is 3.38. The van der Waals surface area contributed by atoms with Gasteiger partial charge in [-0.2, -0.15) is 0 Å². The Morgan fingerprint density at radius 1 is 1.35 bits per heavy atom. The van der Waals surface area contributed by atoms with E-state index in [0.717, 1.165) is 0 Å². The molecule has 0 spiro atoms. The first-order valence-electron chi connectivity index (χ1n) is 5.26. The van der Waals surface area contributed by atoms with Crippen LogP contribution in [0.3, 0.4) is 0 Å². The lowest BCUT2D eigenvalue weighted by Gasteiger charge is -2.39. The van der Waals surface area contributed by atoms with E-state index in [9.17, 15) is 9.59 Å². The van der Waals surface area contributed by atoms with Crippen molar-refractivity contribution < 1.29 is 14.7 Å². The standard InChI is InChI=1S/C12H20N2O3/c1-7-8-14(6)10(17)13-12(4,5)11(2,3)9(15)16/h1H,8H2,2-6H3,(H,13,17)(H,15,16). The van der Waals surface area contributed by atoms with Crippen LogP contribution in [0.2, 0.25) is 0 Å². The maximum Gasteiger partial charge on any atom is 0.318 e. The van der Waals surface area contributed by atoms with Gasteiger partial charge in [-0.05, 0) is 27.7 Å². The number of carboxylic acids is 1. The molecule has 0 heterocycles. The number of hydrogen-bond acceptors (Lipinski definition) is 2. The van der Waals surface area contributed by atoms with E-state index in [2.05, 4.69) is 11.2 Å². The minimum Gasteiger partial charge on any atom is -0.481 e. The third-order valence-electron chi connectivity index (χ3n) is 3.19. The fourth-order valence-electron chi connectivity index (χ4n) is 0.995. The Morgan fingerprint density at radius 2 is 1.82 bits per heavy atom. The van der Waals surface area contributed by atoms with Crippen LogP contribution < -0.4 is 5.32 Å². The predicted octanol–water partition coefficient (Wildman–Crippen LogP) is 1.15. The van der Waals surface area contributed by atoms with E-state index in [4.69, 9.17) is 11.5 Å². The highest BCUT2D eigenvalue weighted by molar-refractivity contribution is 5.79. The van der Waals surface area contributed by atoms with Gasteiger partial charge < -0.3 is 15.3 Å². The van der Waals surface area contributed by atoms with Gasteiger partial charge in [0.1, 0.15) is 0 Å². The highest BCUT2D eigenvalue weighted by Gasteiger charge is 2.44. The monoisotopic (exact) mass is 240 g/mol. The second-order valence-electron chi connectivity index (χ2n) is 5.05. The molecule has 2 N–H and O–H groups in total. The van der Waals surface area contributed by atoms with E-state index in [1.807, 2.05) is 0 Å². The summed E-state index contributed by atoms with van der Waals surface area (Å²) in [6, 6.07) is -0.387. The maximum absolute atomic E-state index is 11.7. The molecule has 0 aromatic rings. The highest BCUT2D eigenvalue weighted by atomic mass is 16.4. The van der Waals surface area contributed by atoms with Crippen LogP contribution in [0.15, 0.2) is 0 Å². The molecule has 0 aliphatic rings. The van der Waals surface area contributed by atoms with Gasteiger partial charge >= 0.3 is 12.0 Å². The summed E-state index contributed by atoms with van der Waals surface area (Å²) >= 11 is 0. The van der Waals surface area contributed by atoms with Crippen molar-refractivity contribution in [3.05, 3.63) is 0 Å². The second kappa shape index (κ2) is 5.09. The number of aliphatic carboxylic acids is 1. The van der Waals surface area contributed by atoms with Crippen molar-refractivity contribution in [1.29, 1.82) is 0 Å². The third-order valence-corrected chi connectivity index (χ3v) is 3.19. The molecule has 0 aliphatic heterocycles. The molecule has 2 amide bonds. The average molecular weight is 240 g/mol. The SMILES string of the molecule is C#CCN(C)C(=O)NC(C)(C)C(C)(C)C(=O)O. The minimum atomic E-state index is -1.08. The molecule has 0 bridgehead atoms. The highest BCUT2D eigenvalue weighted by Crippen LogP contribution is 2.30. The number of amides is 2. The fraction of sp³-hybridized carbons (Fsp3) is 0.667. The molecule has 0 aromatic carbocycles. The zero-order valence-corrected chi connectivity index (χ0v) is 11.0. The van der Waals surface area contributed by atoms with Crippen molar-refractivity contribution in [2.24, 2.45) is 5.41 Å². The summed E-state index contributed by atoms with van der Waals surface area (Å²) in [5, 5.41) is 11.8. The Balaban J connectivity index is 4.83. The van der Waals surface area contributed by atoms with Crippen LogP contribution in [0.25, 0.3) is 0 Å². The summed E-state index contributed by atoms with van der Waals surface area (Å²) in [4.78, 5) is 24.2. The molecule has 96 valence electrons. The van der Waals surface area contributed by atoms with Gasteiger partial charge in [-0.3, -0.25) is 4.79 Å². The van der Waals surface area contributed by atoms with Crippen molar-refractivity contribution in [2.45, 2.75) is 33.2 Å². The first-order valence-corrected chi connectivity index (χ1v) is 5.26. The van der Waals surface area contributed by atoms with E-state index in [1.54, 1.807) is 34.7 Å². The van der Waals surface area contributed by atoms with Crippen LogP contribution >= 0.6 is 0 Å². The van der Waals surface area contributed by atoms with E-state index in [-0.39, 0.29) is 12.6 Å². The number of urea groups is 1. The molecule has 0 aromatic heterocycles. The number of carbonyl (C=O) groups excluding carboxylic acids is 1. The van der Waals surface area contributed by atoms with Gasteiger partial charge in [0.15, 0.2) is 0 Å². The quantitative estimate of drug-likeness (QED) is 0.724. The molecular weight excluding hydrogens is 220 g/mol. The summed E-state index contributed by atoms with van der Waals surface area (Å²) in [6.07, 6.45) is 5.10. The summed E-state index contributed by atoms with van der Waals surface area (Å²) in [6.45, 7) is 6.65. The minimum absolute atomic E-state index is 0.176. The maximum atomic E-state index is 11.7. The number of nitrogens with one attached hydrogen (secondary N) is 1. The fourth-order valence-corrected chi connectivity index (χ4v) is 0.995. The molecule has 5 heteroatoms. The van der Waals surface area contributed by atoms with Crippen molar-refractivity contribution in [1.82, 2.24) is 10.2 Å². The van der Waals surface area contributed by atoms with Gasteiger partial charge in [0.05, 0.1) is 17.5 Å². The van der Waals surface area contributed by atoms with E-state index in [0.29, 0.717) is 0 Å². The largest absolute Gasteiger partial charge is 0.481 e. The number of carboxylic acid groups (broad SMARTS) is 1. The molecule has 0 radical (unpaired) electrons. The molecule has 0 fully saturated rings. The first-order chi connectivity index (χ1) is 7.56. The van der Waals surface area contributed by atoms with Gasteiger partial charge in [-0.15, -0.1) is 6.42 Å². The summed E-state index contributed by atoms with van der Waals surface area (Å²) in [5.74, 6) is 1.37. The van der Waals surface area contributed by atoms with Gasteiger partial charge in [0, 0.05) is 7.05 Å². The van der Waals surface area contributed by atoms with Gasteiger partial charge in [-0.1, -0.05) is 5.92 Å². The molecular formula is C12H20N2O3. The lowest BCUT2D eigenvalue weighted by molar-refractivity contribution is -0.150. The molecule has 17 heavy (non-hydrogen) atoms. The zero-order valence-electron chi connectivity index (χ0n) is 11.0. The second-order valence-corrected chi connectivity index (χ2v) is 5.05. The van der Waals surface area contributed by atoms with Crippen LogP contribution in [0.5, 0.6) is 0 Å². The Labute approximate surface area is 102 Å². The predicted molar refractivity (Wildman–Crippen MR) is 65.5 cm³/mol. The summed E-state index contributed by atoms with van der Waals surface area (Å²) in [5.41, 5.74) is -1.97. The molecule has 0 rings (SSSR count). The number of terminal acetylenes is 1. The normalized spacial score (nSPS) is 11.5. The lowest BCUT2D eigenvalue weighted by atomic mass is 9.74. The Hall–Kier alpha value is -1.70. The smallest absolute Gasteiger partial charge is 0.318 e. The van der Waals surface area contributed by atoms with Crippen LogP contribution in [0.4, 0.5) is 4.79 Å². The molecule has 0 aliphatic carbocycles. The van der Waals surface area contributed by atoms with Gasteiger partial charge in [0.2, 0.25) is 0 Å². The lowest BCUT2D eigenvalue weighted by Crippen LogP contribution is -2.59. The van der Waals surface area contributed by atoms with Crippen LogP contribution in [0, 0.1) is 17.8 Å². The summed E-state index contributed by atoms with van der Waals surface area (Å²) < 4.78 is 0. The summed E-state index contributed by atoms with van der Waals surface area (Å²) in [7, 11) is 1.55. The molecule has 0 unspecified atom stereocenters. The number of nitrogens with zero attached hydrogens (tertiary/aromatic N) is 1. The number of rotatable bonds is 4. The Morgan fingerprint density at radius 3 is 2.18 bits per heavy atom. The van der Waals surface area contributed by atoms with Crippen molar-refractivity contribution in [3.8, 4) is 12.3 Å². The average Bonchev–Trinajstić information content (AvgIpc) is 2.16. The topological polar surface area (TPSA) is 69.6 Å². The van der Waals surface area contributed by atoms with Crippen molar-refractivity contribution >= 4 is 12.0 Å². The Kier molecular flexibility index (Phi) is 4.58. The van der Waals surface area contributed by atoms with Crippen LogP contribution in [0.1, 0.15) is 27.7 Å². The molecule has 5 nitrogen and oxygen atoms in total. The number of carbonyl (C=O) groups is 2. The zero-order chi connectivity index (χ0) is 13.9. The molecule has 0 atom stereocenters. The van der Waals surface area contributed by atoms with E-state index >= 15 is 0 Å².